The van der Waals surface area contributed by atoms with Crippen molar-refractivity contribution in [3.05, 3.63) is 30.2 Å². The summed E-state index contributed by atoms with van der Waals surface area (Å²) in [5, 5.41) is 14.4. The highest BCUT2D eigenvalue weighted by atomic mass is 16.5. The van der Waals surface area contributed by atoms with E-state index in [0.29, 0.717) is 25.6 Å². The van der Waals surface area contributed by atoms with E-state index < -0.39 is 6.10 Å². The molecule has 1 fully saturated rings. The van der Waals surface area contributed by atoms with Crippen LogP contribution in [0.25, 0.3) is 0 Å². The minimum Gasteiger partial charge on any atom is -0.478 e. The molecule has 1 aliphatic rings. The topological polar surface area (TPSA) is 79.5 Å². The molecule has 0 amide bonds. The number of nitrogens with zero attached hydrogens (tertiary/aromatic N) is 6. The fourth-order valence-electron chi connectivity index (χ4n) is 3.00. The van der Waals surface area contributed by atoms with E-state index in [-0.39, 0.29) is 0 Å². The highest BCUT2D eigenvalue weighted by molar-refractivity contribution is 5.35. The van der Waals surface area contributed by atoms with Gasteiger partial charge >= 0.3 is 0 Å². The van der Waals surface area contributed by atoms with E-state index in [0.717, 1.165) is 37.8 Å². The Bertz CT molecular complexity index is 655. The Kier molecular flexibility index (Phi) is 5.83. The first-order valence-electron chi connectivity index (χ1n) is 8.75. The van der Waals surface area contributed by atoms with Crippen LogP contribution in [0.4, 0.5) is 5.95 Å². The zero-order valence-corrected chi connectivity index (χ0v) is 14.9. The predicted octanol–water partition coefficient (Wildman–Crippen LogP) is 0.563. The summed E-state index contributed by atoms with van der Waals surface area (Å²) in [6.45, 7) is 9.08. The van der Waals surface area contributed by atoms with Crippen LogP contribution in [0.2, 0.25) is 0 Å². The van der Waals surface area contributed by atoms with Crippen LogP contribution < -0.4 is 9.64 Å². The van der Waals surface area contributed by atoms with Crippen molar-refractivity contribution in [2.45, 2.75) is 26.5 Å². The van der Waals surface area contributed by atoms with Crippen LogP contribution in [-0.4, -0.2) is 75.2 Å². The first-order valence-corrected chi connectivity index (χ1v) is 8.75. The summed E-state index contributed by atoms with van der Waals surface area (Å²) in [6, 6.07) is 3.72. The normalized spacial score (nSPS) is 16.8. The van der Waals surface area contributed by atoms with E-state index in [4.69, 9.17) is 4.74 Å². The van der Waals surface area contributed by atoms with Crippen LogP contribution in [0.5, 0.6) is 5.88 Å². The fourth-order valence-corrected chi connectivity index (χ4v) is 3.00. The average molecular weight is 346 g/mol. The van der Waals surface area contributed by atoms with Gasteiger partial charge in [-0.25, -0.2) is 4.98 Å². The molecule has 8 heteroatoms. The molecule has 0 aliphatic carbocycles. The molecule has 1 aliphatic heterocycles. The molecule has 2 aromatic rings. The number of ether oxygens (including phenoxy) is 1. The van der Waals surface area contributed by atoms with Crippen molar-refractivity contribution < 1.29 is 9.84 Å². The Morgan fingerprint density at radius 2 is 2.00 bits per heavy atom. The number of aliphatic hydroxyl groups is 1. The number of aromatic nitrogens is 4. The SMILES string of the molecule is CCOc1cc(C)nc(N2CCN(C[C@@H](O)Cn3cccn3)CC2)n1. The second-order valence-electron chi connectivity index (χ2n) is 6.25. The molecule has 1 saturated heterocycles. The third-order valence-electron chi connectivity index (χ3n) is 4.19. The average Bonchev–Trinajstić information content (AvgIpc) is 3.08. The highest BCUT2D eigenvalue weighted by Gasteiger charge is 2.21. The lowest BCUT2D eigenvalue weighted by Gasteiger charge is -2.35. The molecule has 0 saturated carbocycles. The number of β-amino-alcohol motifs (C(OH)–C–C–N with tert-alkyl or cyclic N) is 1. The largest absolute Gasteiger partial charge is 0.478 e. The van der Waals surface area contributed by atoms with E-state index in [1.807, 2.05) is 32.2 Å². The molecular weight excluding hydrogens is 320 g/mol. The maximum Gasteiger partial charge on any atom is 0.228 e. The predicted molar refractivity (Wildman–Crippen MR) is 94.8 cm³/mol. The smallest absolute Gasteiger partial charge is 0.228 e. The Hall–Kier alpha value is -2.19. The summed E-state index contributed by atoms with van der Waals surface area (Å²) in [4.78, 5) is 13.5. The van der Waals surface area contributed by atoms with Gasteiger partial charge in [-0.15, -0.1) is 0 Å². The molecule has 0 aromatic carbocycles. The minimum absolute atomic E-state index is 0.425. The molecule has 8 nitrogen and oxygen atoms in total. The molecule has 0 radical (unpaired) electrons. The van der Waals surface area contributed by atoms with Crippen molar-refractivity contribution >= 4 is 5.95 Å². The van der Waals surface area contributed by atoms with E-state index in [1.165, 1.54) is 0 Å². The standard InChI is InChI=1S/C17H26N6O2/c1-3-25-16-11-14(2)19-17(20-16)22-9-7-21(8-10-22)12-15(24)13-23-6-4-5-18-23/h4-6,11,15,24H,3,7-10,12-13H2,1-2H3/t15-/m1/s1. The molecule has 0 unspecified atom stereocenters. The second-order valence-corrected chi connectivity index (χ2v) is 6.25. The first kappa shape index (κ1) is 17.6. The van der Waals surface area contributed by atoms with Crippen molar-refractivity contribution in [2.75, 3.05) is 44.2 Å². The first-order chi connectivity index (χ1) is 12.1. The summed E-state index contributed by atoms with van der Waals surface area (Å²) in [7, 11) is 0. The highest BCUT2D eigenvalue weighted by Crippen LogP contribution is 2.17. The van der Waals surface area contributed by atoms with Gasteiger partial charge in [0, 0.05) is 56.9 Å². The number of hydrogen-bond acceptors (Lipinski definition) is 7. The lowest BCUT2D eigenvalue weighted by atomic mass is 10.2. The third kappa shape index (κ3) is 4.90. The van der Waals surface area contributed by atoms with Crippen molar-refractivity contribution in [1.29, 1.82) is 0 Å². The minimum atomic E-state index is -0.425. The monoisotopic (exact) mass is 346 g/mol. The van der Waals surface area contributed by atoms with E-state index in [9.17, 15) is 5.11 Å². The third-order valence-corrected chi connectivity index (χ3v) is 4.19. The zero-order valence-electron chi connectivity index (χ0n) is 14.9. The Labute approximate surface area is 148 Å². The van der Waals surface area contributed by atoms with Crippen molar-refractivity contribution in [1.82, 2.24) is 24.6 Å². The lowest BCUT2D eigenvalue weighted by molar-refractivity contribution is 0.0919. The number of aryl methyl sites for hydroxylation is 1. The van der Waals surface area contributed by atoms with Crippen molar-refractivity contribution in [3.63, 3.8) is 0 Å². The van der Waals surface area contributed by atoms with Gasteiger partial charge in [-0.05, 0) is 19.9 Å². The molecule has 0 spiro atoms. The summed E-state index contributed by atoms with van der Waals surface area (Å²) >= 11 is 0. The summed E-state index contributed by atoms with van der Waals surface area (Å²) in [6.07, 6.45) is 3.17. The van der Waals surface area contributed by atoms with Gasteiger partial charge in [-0.3, -0.25) is 9.58 Å². The van der Waals surface area contributed by atoms with Crippen molar-refractivity contribution in [3.8, 4) is 5.88 Å². The van der Waals surface area contributed by atoms with Crippen molar-refractivity contribution in [2.24, 2.45) is 0 Å². The zero-order chi connectivity index (χ0) is 17.6. The van der Waals surface area contributed by atoms with Crippen LogP contribution in [0.15, 0.2) is 24.5 Å². The van der Waals surface area contributed by atoms with Gasteiger partial charge in [-0.2, -0.15) is 10.1 Å². The number of rotatable bonds is 7. The molecule has 0 bridgehead atoms. The van der Waals surface area contributed by atoms with Gasteiger partial charge < -0.3 is 14.7 Å². The van der Waals surface area contributed by atoms with Crippen LogP contribution >= 0.6 is 0 Å². The second kappa shape index (κ2) is 8.26. The van der Waals surface area contributed by atoms with Crippen LogP contribution in [0.1, 0.15) is 12.6 Å². The molecule has 25 heavy (non-hydrogen) atoms. The Balaban J connectivity index is 1.51. The summed E-state index contributed by atoms with van der Waals surface area (Å²) in [5.41, 5.74) is 0.908. The lowest BCUT2D eigenvalue weighted by Crippen LogP contribution is -2.49. The van der Waals surface area contributed by atoms with Gasteiger partial charge in [-0.1, -0.05) is 0 Å². The Morgan fingerprint density at radius 3 is 2.68 bits per heavy atom. The number of aliphatic hydroxyl groups excluding tert-OH is 1. The van der Waals surface area contributed by atoms with Gasteiger partial charge in [0.25, 0.3) is 0 Å². The van der Waals surface area contributed by atoms with Crippen LogP contribution in [0, 0.1) is 6.92 Å². The van der Waals surface area contributed by atoms with Crippen LogP contribution in [-0.2, 0) is 6.54 Å². The fraction of sp³-hybridized carbons (Fsp3) is 0.588. The molecule has 1 atom stereocenters. The van der Waals surface area contributed by atoms with E-state index in [2.05, 4.69) is 24.9 Å². The molecule has 3 rings (SSSR count). The van der Waals surface area contributed by atoms with Gasteiger partial charge in [0.15, 0.2) is 0 Å². The molecule has 136 valence electrons. The van der Waals surface area contributed by atoms with Crippen LogP contribution in [0.3, 0.4) is 0 Å². The molecule has 2 aromatic heterocycles. The number of hydrogen-bond donors (Lipinski definition) is 1. The number of piperazine rings is 1. The van der Waals surface area contributed by atoms with Gasteiger partial charge in [0.1, 0.15) is 0 Å². The maximum absolute atomic E-state index is 10.2. The van der Waals surface area contributed by atoms with E-state index >= 15 is 0 Å². The summed E-state index contributed by atoms with van der Waals surface area (Å²) < 4.78 is 7.27. The summed E-state index contributed by atoms with van der Waals surface area (Å²) in [5.74, 6) is 1.35. The van der Waals surface area contributed by atoms with E-state index in [1.54, 1.807) is 10.9 Å². The molecule has 3 heterocycles. The number of anilines is 1. The Morgan fingerprint density at radius 1 is 1.20 bits per heavy atom. The molecular formula is C17H26N6O2. The molecule has 1 N–H and O–H groups in total. The van der Waals surface area contributed by atoms with Gasteiger partial charge in [0.05, 0.1) is 19.3 Å². The maximum atomic E-state index is 10.2. The van der Waals surface area contributed by atoms with Gasteiger partial charge in [0.2, 0.25) is 11.8 Å². The quantitative estimate of drug-likeness (QED) is 0.785.